The third-order valence-electron chi connectivity index (χ3n) is 6.65. The van der Waals surface area contributed by atoms with E-state index < -0.39 is 12.4 Å². The van der Waals surface area contributed by atoms with Gasteiger partial charge in [-0.15, -0.1) is 18.3 Å². The van der Waals surface area contributed by atoms with E-state index in [2.05, 4.69) is 25.1 Å². The summed E-state index contributed by atoms with van der Waals surface area (Å²) >= 11 is 1.12. The highest BCUT2D eigenvalue weighted by molar-refractivity contribution is 8.15. The number of aryl methyl sites for hydroxylation is 1. The number of nitrogens with one attached hydrogen (secondary N) is 1. The first-order valence-electron chi connectivity index (χ1n) is 13.3. The molecule has 1 N–H and O–H groups in total. The predicted octanol–water partition coefficient (Wildman–Crippen LogP) is 6.39. The molecule has 3 aromatic carbocycles. The van der Waals surface area contributed by atoms with Gasteiger partial charge >= 0.3 is 12.4 Å². The number of urea groups is 1. The largest absolute Gasteiger partial charge is 0.573 e. The molecule has 1 aliphatic heterocycles. The lowest BCUT2D eigenvalue weighted by molar-refractivity contribution is -0.274. The number of amides is 3. The Hall–Kier alpha value is -5.20. The van der Waals surface area contributed by atoms with Crippen molar-refractivity contribution >= 4 is 40.2 Å². The average Bonchev–Trinajstić information content (AvgIpc) is 3.63. The maximum atomic E-state index is 13.0. The maximum absolute atomic E-state index is 13.0. The number of alkyl halides is 3. The molecular formula is C30H24F3N7O4S. The van der Waals surface area contributed by atoms with Crippen molar-refractivity contribution in [1.29, 1.82) is 5.26 Å². The number of aromatic nitrogens is 3. The summed E-state index contributed by atoms with van der Waals surface area (Å²) in [5, 5.41) is 16.9. The van der Waals surface area contributed by atoms with Crippen molar-refractivity contribution in [3.63, 3.8) is 0 Å². The van der Waals surface area contributed by atoms with E-state index in [1.165, 1.54) is 40.2 Å². The minimum absolute atomic E-state index is 0.101. The second-order valence-electron chi connectivity index (χ2n) is 9.71. The topological polar surface area (TPSA) is 135 Å². The number of nitrogens with zero attached hydrogens (tertiary/aromatic N) is 6. The number of amidine groups is 1. The van der Waals surface area contributed by atoms with Gasteiger partial charge in [0, 0.05) is 18.2 Å². The molecule has 4 aromatic rings. The van der Waals surface area contributed by atoms with Gasteiger partial charge in [0.25, 0.3) is 0 Å². The fraction of sp³-hybridized carbons (Fsp3) is 0.200. The molecule has 3 amide bonds. The van der Waals surface area contributed by atoms with Crippen LogP contribution in [-0.2, 0) is 9.53 Å². The van der Waals surface area contributed by atoms with Gasteiger partial charge in [-0.1, -0.05) is 23.9 Å². The van der Waals surface area contributed by atoms with E-state index in [1.807, 2.05) is 38.1 Å². The second-order valence-corrected chi connectivity index (χ2v) is 10.7. The lowest BCUT2D eigenvalue weighted by atomic mass is 10.0. The molecule has 0 spiro atoms. The van der Waals surface area contributed by atoms with Gasteiger partial charge in [0.05, 0.1) is 34.5 Å². The summed E-state index contributed by atoms with van der Waals surface area (Å²) in [6.07, 6.45) is -3.75. The number of methoxy groups -OCH3 is 1. The van der Waals surface area contributed by atoms with Crippen molar-refractivity contribution in [3.8, 4) is 28.9 Å². The summed E-state index contributed by atoms with van der Waals surface area (Å²) in [5.41, 5.74) is 3.42. The summed E-state index contributed by atoms with van der Waals surface area (Å²) in [7, 11) is 1.57. The molecular weight excluding hydrogens is 611 g/mol. The molecule has 1 aromatic heterocycles. The van der Waals surface area contributed by atoms with Gasteiger partial charge in [0.15, 0.2) is 11.0 Å². The zero-order chi connectivity index (χ0) is 32.3. The van der Waals surface area contributed by atoms with Crippen LogP contribution < -0.4 is 15.0 Å². The van der Waals surface area contributed by atoms with E-state index >= 15 is 0 Å². The molecule has 0 aliphatic carbocycles. The highest BCUT2D eigenvalue weighted by Crippen LogP contribution is 2.35. The van der Waals surface area contributed by atoms with Gasteiger partial charge in [-0.25, -0.2) is 14.5 Å². The molecule has 45 heavy (non-hydrogen) atoms. The van der Waals surface area contributed by atoms with Crippen LogP contribution in [0, 0.1) is 18.3 Å². The van der Waals surface area contributed by atoms with Crippen LogP contribution in [-0.4, -0.2) is 51.1 Å². The monoisotopic (exact) mass is 635 g/mol. The van der Waals surface area contributed by atoms with Crippen LogP contribution in [0.5, 0.6) is 5.75 Å². The number of anilines is 2. The average molecular weight is 636 g/mol. The van der Waals surface area contributed by atoms with Gasteiger partial charge in [0.2, 0.25) is 5.91 Å². The summed E-state index contributed by atoms with van der Waals surface area (Å²) < 4.78 is 48.0. The van der Waals surface area contributed by atoms with Gasteiger partial charge in [-0.05, 0) is 67.9 Å². The number of benzene rings is 3. The fourth-order valence-electron chi connectivity index (χ4n) is 4.43. The summed E-state index contributed by atoms with van der Waals surface area (Å²) in [4.78, 5) is 35.6. The third-order valence-corrected chi connectivity index (χ3v) is 7.57. The van der Waals surface area contributed by atoms with E-state index in [9.17, 15) is 28.0 Å². The van der Waals surface area contributed by atoms with Crippen molar-refractivity contribution in [2.24, 2.45) is 4.99 Å². The van der Waals surface area contributed by atoms with Crippen LogP contribution in [0.15, 0.2) is 72.0 Å². The van der Waals surface area contributed by atoms with E-state index in [-0.39, 0.29) is 45.8 Å². The molecule has 1 atom stereocenters. The van der Waals surface area contributed by atoms with Gasteiger partial charge in [-0.2, -0.15) is 10.3 Å². The zero-order valence-corrected chi connectivity index (χ0v) is 24.8. The number of hydrogen-bond acceptors (Lipinski definition) is 8. The van der Waals surface area contributed by atoms with Crippen LogP contribution in [0.3, 0.4) is 0 Å². The highest BCUT2D eigenvalue weighted by Gasteiger charge is 2.33. The van der Waals surface area contributed by atoms with Gasteiger partial charge in [0.1, 0.15) is 18.1 Å². The Morgan fingerprint density at radius 2 is 1.91 bits per heavy atom. The normalized spacial score (nSPS) is 14.8. The quantitative estimate of drug-likeness (QED) is 0.247. The van der Waals surface area contributed by atoms with Crippen molar-refractivity contribution in [2.45, 2.75) is 26.3 Å². The molecule has 2 heterocycles. The van der Waals surface area contributed by atoms with E-state index in [0.29, 0.717) is 16.9 Å². The number of rotatable bonds is 7. The fourth-order valence-corrected chi connectivity index (χ4v) is 5.29. The van der Waals surface area contributed by atoms with Crippen LogP contribution in [0.4, 0.5) is 29.3 Å². The van der Waals surface area contributed by atoms with Crippen LogP contribution in [0.2, 0.25) is 0 Å². The van der Waals surface area contributed by atoms with E-state index in [1.54, 1.807) is 13.2 Å². The van der Waals surface area contributed by atoms with Gasteiger partial charge in [-0.3, -0.25) is 9.69 Å². The Kier molecular flexibility index (Phi) is 8.89. The van der Waals surface area contributed by atoms with E-state index in [0.717, 1.165) is 35.0 Å². The molecule has 230 valence electrons. The Bertz CT molecular complexity index is 1830. The van der Waals surface area contributed by atoms with Crippen molar-refractivity contribution in [1.82, 2.24) is 14.8 Å². The van der Waals surface area contributed by atoms with Crippen molar-refractivity contribution < 1.29 is 32.2 Å². The lowest BCUT2D eigenvalue weighted by Crippen LogP contribution is -2.31. The minimum Gasteiger partial charge on any atom is -0.406 e. The molecule has 1 unspecified atom stereocenters. The molecule has 0 saturated carbocycles. The first-order chi connectivity index (χ1) is 21.5. The number of nitriles is 1. The van der Waals surface area contributed by atoms with E-state index in [4.69, 9.17) is 4.74 Å². The Morgan fingerprint density at radius 3 is 2.60 bits per heavy atom. The zero-order valence-electron chi connectivity index (χ0n) is 24.0. The summed E-state index contributed by atoms with van der Waals surface area (Å²) in [6, 6.07) is 16.5. The molecule has 1 fully saturated rings. The Labute approximate surface area is 259 Å². The molecule has 1 aliphatic rings. The maximum Gasteiger partial charge on any atom is 0.573 e. The first kappa shape index (κ1) is 31.2. The second kappa shape index (κ2) is 12.8. The minimum atomic E-state index is -4.80. The predicted molar refractivity (Wildman–Crippen MR) is 161 cm³/mol. The number of carbonyl (C=O) groups excluding carboxylic acids is 2. The number of ether oxygens (including phenoxy) is 2. The number of hydrogen-bond donors (Lipinski definition) is 1. The summed E-state index contributed by atoms with van der Waals surface area (Å²) in [6.45, 7) is 3.75. The third kappa shape index (κ3) is 7.14. The first-order valence-corrected chi connectivity index (χ1v) is 14.3. The lowest BCUT2D eigenvalue weighted by Gasteiger charge is -2.23. The summed E-state index contributed by atoms with van der Waals surface area (Å²) in [5.74, 6) is -0.277. The number of thioether (sulfide) groups is 1. The SMILES string of the molecule is COC(C)c1ccc(C)cc1N1C(=O)CS/C1=N\C(=O)Nc1ccc(-c2ncn(-c3ccc(OC(F)(F)F)cc3)n2)cc1C#N. The molecule has 5 rings (SSSR count). The standard InChI is InChI=1S/C30H24F3N7O4S/c1-17-4-10-23(18(2)43-3)25(12-17)40-26(41)15-45-29(40)37-28(42)36-24-11-5-19(13-20(24)14-34)27-35-16-39(38-27)21-6-8-22(9-7-21)44-30(31,32)33/h4-13,16,18H,15H2,1-3H3,(H,36,42)/b37-29-. The van der Waals surface area contributed by atoms with Crippen LogP contribution in [0.1, 0.15) is 29.7 Å². The molecule has 11 nitrogen and oxygen atoms in total. The number of carbonyl (C=O) groups is 2. The van der Waals surface area contributed by atoms with Crippen molar-refractivity contribution in [2.75, 3.05) is 23.1 Å². The van der Waals surface area contributed by atoms with Crippen molar-refractivity contribution in [3.05, 3.63) is 83.7 Å². The molecule has 0 bridgehead atoms. The van der Waals surface area contributed by atoms with Crippen LogP contribution >= 0.6 is 11.8 Å². The Balaban J connectivity index is 1.34. The number of halogens is 3. The molecule has 15 heteroatoms. The highest BCUT2D eigenvalue weighted by atomic mass is 32.2. The van der Waals surface area contributed by atoms with Gasteiger partial charge < -0.3 is 14.8 Å². The molecule has 0 radical (unpaired) electrons. The number of aliphatic imine (C=N–C) groups is 1. The Morgan fingerprint density at radius 1 is 1.16 bits per heavy atom. The van der Waals surface area contributed by atoms with Crippen LogP contribution in [0.25, 0.3) is 17.1 Å². The molecule has 1 saturated heterocycles. The smallest absolute Gasteiger partial charge is 0.406 e.